The summed E-state index contributed by atoms with van der Waals surface area (Å²) in [7, 11) is 1.59. The number of β-amino-alcohol motifs (C(OH)–C–C–N with tert-alkyl or cyclic N) is 1. The quantitative estimate of drug-likeness (QED) is 0.883. The Kier molecular flexibility index (Phi) is 4.22. The molecule has 1 aliphatic heterocycles. The molecule has 1 amide bonds. The van der Waals surface area contributed by atoms with Gasteiger partial charge < -0.3 is 19.5 Å². The highest BCUT2D eigenvalue weighted by atomic mass is 79.9. The minimum Gasteiger partial charge on any atom is -0.496 e. The van der Waals surface area contributed by atoms with Crippen molar-refractivity contribution in [2.45, 2.75) is 32.0 Å². The average Bonchev–Trinajstić information content (AvgIpc) is 2.32. The van der Waals surface area contributed by atoms with Crippen LogP contribution < -0.4 is 4.74 Å². The maximum atomic E-state index is 11.9. The van der Waals surface area contributed by atoms with Crippen molar-refractivity contribution in [1.29, 1.82) is 0 Å². The van der Waals surface area contributed by atoms with Crippen LogP contribution in [0, 0.1) is 0 Å². The fraction of sp³-hybridized carbons (Fsp3) is 0.533. The van der Waals surface area contributed by atoms with Crippen LogP contribution in [-0.2, 0) is 10.3 Å². The van der Waals surface area contributed by atoms with Crippen molar-refractivity contribution >= 4 is 22.0 Å². The van der Waals surface area contributed by atoms with Crippen molar-refractivity contribution < 1.29 is 19.4 Å². The van der Waals surface area contributed by atoms with Crippen LogP contribution >= 0.6 is 15.9 Å². The fourth-order valence-corrected chi connectivity index (χ4v) is 2.72. The molecule has 0 atom stereocenters. The van der Waals surface area contributed by atoms with E-state index in [2.05, 4.69) is 15.9 Å². The largest absolute Gasteiger partial charge is 0.496 e. The van der Waals surface area contributed by atoms with Gasteiger partial charge in [-0.3, -0.25) is 0 Å². The van der Waals surface area contributed by atoms with Crippen LogP contribution in [0.15, 0.2) is 22.7 Å². The molecule has 0 bridgehead atoms. The Morgan fingerprint density at radius 2 is 2.00 bits per heavy atom. The van der Waals surface area contributed by atoms with Gasteiger partial charge in [0.25, 0.3) is 0 Å². The number of aliphatic hydroxyl groups is 1. The Hall–Kier alpha value is -1.27. The third-order valence-electron chi connectivity index (χ3n) is 3.25. The molecule has 5 nitrogen and oxygen atoms in total. The Balaban J connectivity index is 2.04. The molecule has 1 saturated heterocycles. The lowest BCUT2D eigenvalue weighted by atomic mass is 9.86. The first-order valence-electron chi connectivity index (χ1n) is 6.69. The number of nitrogens with zero attached hydrogens (tertiary/aromatic N) is 1. The summed E-state index contributed by atoms with van der Waals surface area (Å²) in [6, 6.07) is 5.40. The molecule has 0 aliphatic carbocycles. The van der Waals surface area contributed by atoms with Crippen molar-refractivity contribution in [2.75, 3.05) is 20.2 Å². The van der Waals surface area contributed by atoms with Crippen molar-refractivity contribution in [2.24, 2.45) is 0 Å². The second-order valence-corrected chi connectivity index (χ2v) is 7.07. The predicted octanol–water partition coefficient (Wildman–Crippen LogP) is 2.90. The molecule has 6 heteroatoms. The Morgan fingerprint density at radius 3 is 2.48 bits per heavy atom. The zero-order chi connectivity index (χ0) is 15.8. The van der Waals surface area contributed by atoms with E-state index in [1.807, 2.05) is 26.8 Å². The van der Waals surface area contributed by atoms with Crippen LogP contribution in [0.25, 0.3) is 0 Å². The standard InChI is InChI=1S/C15H20BrNO4/c1-14(2,3)21-13(18)17-8-15(19,9-17)10-5-6-12(20-4)11(16)7-10/h5-7,19H,8-9H2,1-4H3. The highest BCUT2D eigenvalue weighted by molar-refractivity contribution is 9.10. The van der Waals surface area contributed by atoms with E-state index in [0.717, 1.165) is 10.0 Å². The van der Waals surface area contributed by atoms with Crippen LogP contribution in [-0.4, -0.2) is 41.9 Å². The molecule has 21 heavy (non-hydrogen) atoms. The van der Waals surface area contributed by atoms with Gasteiger partial charge in [-0.1, -0.05) is 6.07 Å². The molecular weight excluding hydrogens is 338 g/mol. The van der Waals surface area contributed by atoms with Crippen LogP contribution in [0.3, 0.4) is 0 Å². The first kappa shape index (κ1) is 16.1. The number of ether oxygens (including phenoxy) is 2. The molecule has 1 aromatic carbocycles. The van der Waals surface area contributed by atoms with Crippen LogP contribution in [0.4, 0.5) is 4.79 Å². The molecule has 2 rings (SSSR count). The van der Waals surface area contributed by atoms with Gasteiger partial charge in [-0.15, -0.1) is 0 Å². The van der Waals surface area contributed by atoms with Crippen molar-refractivity contribution in [1.82, 2.24) is 4.90 Å². The van der Waals surface area contributed by atoms with E-state index in [0.29, 0.717) is 5.75 Å². The van der Waals surface area contributed by atoms with E-state index in [9.17, 15) is 9.90 Å². The van der Waals surface area contributed by atoms with Gasteiger partial charge in [0.1, 0.15) is 17.0 Å². The summed E-state index contributed by atoms with van der Waals surface area (Å²) in [6.45, 7) is 5.90. The number of benzene rings is 1. The average molecular weight is 358 g/mol. The molecule has 0 unspecified atom stereocenters. The van der Waals surface area contributed by atoms with E-state index in [1.54, 1.807) is 19.2 Å². The van der Waals surface area contributed by atoms with E-state index in [4.69, 9.17) is 9.47 Å². The summed E-state index contributed by atoms with van der Waals surface area (Å²) in [6.07, 6.45) is -0.403. The molecule has 1 heterocycles. The molecule has 0 spiro atoms. The topological polar surface area (TPSA) is 59.0 Å². The number of carbonyl (C=O) groups is 1. The minimum atomic E-state index is -1.04. The maximum Gasteiger partial charge on any atom is 0.410 e. The first-order chi connectivity index (χ1) is 9.64. The van der Waals surface area contributed by atoms with Gasteiger partial charge in [0.05, 0.1) is 24.7 Å². The zero-order valence-corrected chi connectivity index (χ0v) is 14.2. The number of amides is 1. The number of methoxy groups -OCH3 is 1. The molecule has 1 fully saturated rings. The van der Waals surface area contributed by atoms with Gasteiger partial charge in [-0.2, -0.15) is 0 Å². The summed E-state index contributed by atoms with van der Waals surface area (Å²) in [5.41, 5.74) is -0.824. The molecule has 1 aliphatic rings. The SMILES string of the molecule is COc1ccc(C2(O)CN(C(=O)OC(C)(C)C)C2)cc1Br. The molecule has 116 valence electrons. The smallest absolute Gasteiger partial charge is 0.410 e. The van der Waals surface area contributed by atoms with Crippen LogP contribution in [0.5, 0.6) is 5.75 Å². The summed E-state index contributed by atoms with van der Waals surface area (Å²) < 4.78 is 11.2. The second kappa shape index (κ2) is 5.50. The van der Waals surface area contributed by atoms with E-state index in [1.165, 1.54) is 4.90 Å². The lowest BCUT2D eigenvalue weighted by molar-refractivity contribution is -0.103. The van der Waals surface area contributed by atoms with Crippen LogP contribution in [0.1, 0.15) is 26.3 Å². The second-order valence-electron chi connectivity index (χ2n) is 6.22. The number of halogens is 1. The van der Waals surface area contributed by atoms with Gasteiger partial charge in [-0.05, 0) is 54.4 Å². The molecule has 0 aromatic heterocycles. The zero-order valence-electron chi connectivity index (χ0n) is 12.6. The molecular formula is C15H20BrNO4. The van der Waals surface area contributed by atoms with Crippen molar-refractivity contribution in [3.63, 3.8) is 0 Å². The Labute approximate surface area is 133 Å². The highest BCUT2D eigenvalue weighted by Crippen LogP contribution is 2.36. The lowest BCUT2D eigenvalue weighted by Crippen LogP contribution is -2.61. The molecule has 0 radical (unpaired) electrons. The van der Waals surface area contributed by atoms with E-state index >= 15 is 0 Å². The van der Waals surface area contributed by atoms with Gasteiger partial charge in [0.2, 0.25) is 0 Å². The number of hydrogen-bond acceptors (Lipinski definition) is 4. The minimum absolute atomic E-state index is 0.223. The third kappa shape index (κ3) is 3.49. The summed E-state index contributed by atoms with van der Waals surface area (Å²) in [5, 5.41) is 10.6. The number of rotatable bonds is 2. The van der Waals surface area contributed by atoms with Crippen molar-refractivity contribution in [3.05, 3.63) is 28.2 Å². The van der Waals surface area contributed by atoms with E-state index in [-0.39, 0.29) is 13.1 Å². The Morgan fingerprint density at radius 1 is 1.38 bits per heavy atom. The number of carbonyl (C=O) groups excluding carboxylic acids is 1. The van der Waals surface area contributed by atoms with Crippen LogP contribution in [0.2, 0.25) is 0 Å². The van der Waals surface area contributed by atoms with Gasteiger partial charge >= 0.3 is 6.09 Å². The molecule has 0 saturated carbocycles. The van der Waals surface area contributed by atoms with Gasteiger partial charge in [-0.25, -0.2) is 4.79 Å². The highest BCUT2D eigenvalue weighted by Gasteiger charge is 2.46. The fourth-order valence-electron chi connectivity index (χ4n) is 2.18. The first-order valence-corrected chi connectivity index (χ1v) is 7.48. The third-order valence-corrected chi connectivity index (χ3v) is 3.87. The monoisotopic (exact) mass is 357 g/mol. The van der Waals surface area contributed by atoms with Gasteiger partial charge in [0, 0.05) is 0 Å². The molecule has 1 N–H and O–H groups in total. The lowest BCUT2D eigenvalue weighted by Gasteiger charge is -2.46. The number of likely N-dealkylation sites (tertiary alicyclic amines) is 1. The maximum absolute atomic E-state index is 11.9. The Bertz CT molecular complexity index is 547. The van der Waals surface area contributed by atoms with Crippen molar-refractivity contribution in [3.8, 4) is 5.75 Å². The molecule has 1 aromatic rings. The van der Waals surface area contributed by atoms with E-state index < -0.39 is 17.3 Å². The normalized spacial score (nSPS) is 17.1. The predicted molar refractivity (Wildman–Crippen MR) is 82.4 cm³/mol. The van der Waals surface area contributed by atoms with Gasteiger partial charge in [0.15, 0.2) is 0 Å². The number of hydrogen-bond donors (Lipinski definition) is 1. The summed E-state index contributed by atoms with van der Waals surface area (Å²) in [4.78, 5) is 13.4. The summed E-state index contributed by atoms with van der Waals surface area (Å²) in [5.74, 6) is 0.700. The summed E-state index contributed by atoms with van der Waals surface area (Å²) >= 11 is 3.40.